The maximum absolute atomic E-state index is 10.6. The largest absolute Gasteiger partial charge is 0.427 e. The zero-order valence-electron chi connectivity index (χ0n) is 6.62. The Bertz CT molecular complexity index is 178. The van der Waals surface area contributed by atoms with E-state index in [2.05, 4.69) is 11.2 Å². The van der Waals surface area contributed by atoms with Crippen molar-refractivity contribution in [2.24, 2.45) is 0 Å². The molecule has 0 aromatic carbocycles. The van der Waals surface area contributed by atoms with Crippen LogP contribution in [0.4, 0.5) is 0 Å². The molecule has 0 bridgehead atoms. The molecule has 1 unspecified atom stereocenters. The molecule has 0 aliphatic rings. The van der Waals surface area contributed by atoms with Crippen molar-refractivity contribution in [3.63, 3.8) is 0 Å². The van der Waals surface area contributed by atoms with Crippen LogP contribution in [0.1, 0.15) is 12.8 Å². The summed E-state index contributed by atoms with van der Waals surface area (Å²) in [7, 11) is -1.55. The van der Waals surface area contributed by atoms with Crippen LogP contribution in [0.5, 0.6) is 0 Å². The smallest absolute Gasteiger partial charge is 0.161 e. The molecule has 1 atom stereocenters. The molecule has 0 aromatic heterocycles. The lowest BCUT2D eigenvalue weighted by Gasteiger charge is -1.98. The summed E-state index contributed by atoms with van der Waals surface area (Å²) in [6, 6.07) is 1.07. The van der Waals surface area contributed by atoms with Crippen molar-refractivity contribution < 1.29 is 13.2 Å². The van der Waals surface area contributed by atoms with E-state index < -0.39 is 8.77 Å². The zero-order chi connectivity index (χ0) is 8.74. The first-order valence-corrected chi connectivity index (χ1v) is 7.69. The minimum Gasteiger partial charge on any atom is -0.427 e. The first-order valence-electron chi connectivity index (χ1n) is 3.50. The van der Waals surface area contributed by atoms with Crippen molar-refractivity contribution in [1.82, 2.24) is 0 Å². The van der Waals surface area contributed by atoms with Gasteiger partial charge in [-0.05, 0) is 12.5 Å². The quantitative estimate of drug-likeness (QED) is 0.504. The predicted octanol–water partition coefficient (Wildman–Crippen LogP) is 0.134. The van der Waals surface area contributed by atoms with Crippen molar-refractivity contribution in [1.29, 1.82) is 0 Å². The summed E-state index contributed by atoms with van der Waals surface area (Å²) in [6.07, 6.45) is 1.71. The highest BCUT2D eigenvalue weighted by atomic mass is 32.8. The van der Waals surface area contributed by atoms with E-state index in [4.69, 9.17) is 8.98 Å². The van der Waals surface area contributed by atoms with Crippen LogP contribution < -0.4 is 0 Å². The van der Waals surface area contributed by atoms with E-state index in [9.17, 15) is 4.21 Å². The third kappa shape index (κ3) is 10.5. The lowest BCUT2D eigenvalue weighted by molar-refractivity contribution is 0.439. The van der Waals surface area contributed by atoms with Gasteiger partial charge in [-0.1, -0.05) is 6.42 Å². The van der Waals surface area contributed by atoms with Crippen LogP contribution in [-0.2, 0) is 24.4 Å². The lowest BCUT2D eigenvalue weighted by atomic mass is 10.4. The van der Waals surface area contributed by atoms with Crippen LogP contribution >= 0.6 is 0 Å². The van der Waals surface area contributed by atoms with E-state index in [1.807, 2.05) is 0 Å². The summed E-state index contributed by atoms with van der Waals surface area (Å²) in [5.74, 6) is 0.250. The van der Waals surface area contributed by atoms with Crippen LogP contribution in [0.2, 0.25) is 6.04 Å². The highest BCUT2D eigenvalue weighted by Gasteiger charge is 1.98. The standard InChI is InChI=1S/C5H14O3S2Si/c1-8-11-5-3-2-4-10(6,7)9/h2-5,11H2,1H3,(H,6,7,9). The minimum atomic E-state index is -2.90. The Hall–Kier alpha value is 0.507. The Labute approximate surface area is 75.0 Å². The molecule has 0 rings (SSSR count). The van der Waals surface area contributed by atoms with E-state index >= 15 is 0 Å². The monoisotopic (exact) mass is 214 g/mol. The van der Waals surface area contributed by atoms with Gasteiger partial charge in [-0.2, -0.15) is 0 Å². The SMILES string of the molecule is CO[SiH2]CCCCS(=O)(O)=S. The Kier molecular flexibility index (Phi) is 6.35. The average Bonchev–Trinajstić information content (AvgIpc) is 1.85. The van der Waals surface area contributed by atoms with Crippen LogP contribution in [0, 0.1) is 0 Å². The molecule has 0 amide bonds. The van der Waals surface area contributed by atoms with Crippen LogP contribution in [0.3, 0.4) is 0 Å². The maximum atomic E-state index is 10.6. The van der Waals surface area contributed by atoms with Gasteiger partial charge in [0.2, 0.25) is 0 Å². The zero-order valence-corrected chi connectivity index (χ0v) is 9.66. The molecule has 0 aliphatic heterocycles. The molecule has 0 radical (unpaired) electrons. The molecule has 0 saturated heterocycles. The fourth-order valence-corrected chi connectivity index (χ4v) is 2.48. The topological polar surface area (TPSA) is 46.5 Å². The number of hydrogen-bond donors (Lipinski definition) is 1. The van der Waals surface area contributed by atoms with Crippen molar-refractivity contribution >= 4 is 29.7 Å². The molecule has 1 N–H and O–H groups in total. The first-order chi connectivity index (χ1) is 5.06. The van der Waals surface area contributed by atoms with Gasteiger partial charge in [-0.15, -0.1) is 0 Å². The number of hydrogen-bond acceptors (Lipinski definition) is 3. The maximum Gasteiger partial charge on any atom is 0.161 e. The van der Waals surface area contributed by atoms with Crippen molar-refractivity contribution in [3.05, 3.63) is 0 Å². The molecule has 11 heavy (non-hydrogen) atoms. The second-order valence-electron chi connectivity index (χ2n) is 2.34. The molecule has 0 heterocycles. The molecule has 0 aromatic rings. The van der Waals surface area contributed by atoms with Crippen LogP contribution in [0.15, 0.2) is 0 Å². The Morgan fingerprint density at radius 1 is 1.64 bits per heavy atom. The second kappa shape index (κ2) is 6.07. The summed E-state index contributed by atoms with van der Waals surface area (Å²) in [5.41, 5.74) is 0. The summed E-state index contributed by atoms with van der Waals surface area (Å²) in [4.78, 5) is 0. The Morgan fingerprint density at radius 2 is 2.27 bits per heavy atom. The van der Waals surface area contributed by atoms with Gasteiger partial charge in [0.15, 0.2) is 9.76 Å². The van der Waals surface area contributed by atoms with Gasteiger partial charge >= 0.3 is 0 Å². The lowest BCUT2D eigenvalue weighted by Crippen LogP contribution is -2.02. The highest BCUT2D eigenvalue weighted by molar-refractivity contribution is 8.29. The fourth-order valence-electron chi connectivity index (χ4n) is 0.708. The number of rotatable bonds is 6. The fraction of sp³-hybridized carbons (Fsp3) is 1.00. The van der Waals surface area contributed by atoms with Crippen molar-refractivity contribution in [2.45, 2.75) is 18.9 Å². The van der Waals surface area contributed by atoms with E-state index in [0.717, 1.165) is 18.9 Å². The number of unbranched alkanes of at least 4 members (excludes halogenated alkanes) is 1. The van der Waals surface area contributed by atoms with Gasteiger partial charge in [-0.25, -0.2) is 4.21 Å². The van der Waals surface area contributed by atoms with Gasteiger partial charge in [-0.3, -0.25) is 0 Å². The molecular formula is C5H14O3S2Si. The third-order valence-electron chi connectivity index (χ3n) is 1.25. The van der Waals surface area contributed by atoms with E-state index in [1.165, 1.54) is 0 Å². The summed E-state index contributed by atoms with van der Waals surface area (Å²) in [5, 5.41) is 0. The average molecular weight is 214 g/mol. The normalized spacial score (nSPS) is 17.3. The second-order valence-corrected chi connectivity index (χ2v) is 7.17. The molecule has 68 valence electrons. The minimum absolute atomic E-state index is 0.250. The Balaban J connectivity index is 3.16. The van der Waals surface area contributed by atoms with E-state index in [-0.39, 0.29) is 15.5 Å². The molecule has 0 aliphatic carbocycles. The summed E-state index contributed by atoms with van der Waals surface area (Å²) in [6.45, 7) is 0. The van der Waals surface area contributed by atoms with Crippen molar-refractivity contribution in [3.8, 4) is 0 Å². The van der Waals surface area contributed by atoms with Crippen LogP contribution in [0.25, 0.3) is 0 Å². The van der Waals surface area contributed by atoms with Gasteiger partial charge in [0.05, 0.1) is 0 Å². The van der Waals surface area contributed by atoms with E-state index in [0.29, 0.717) is 0 Å². The van der Waals surface area contributed by atoms with Crippen LogP contribution in [-0.4, -0.2) is 31.4 Å². The molecule has 6 heteroatoms. The highest BCUT2D eigenvalue weighted by Crippen LogP contribution is 1.98. The molecule has 0 spiro atoms. The van der Waals surface area contributed by atoms with E-state index in [1.54, 1.807) is 7.11 Å². The van der Waals surface area contributed by atoms with Gasteiger partial charge in [0.25, 0.3) is 0 Å². The molecular weight excluding hydrogens is 200 g/mol. The summed E-state index contributed by atoms with van der Waals surface area (Å²) >= 11 is 4.33. The molecule has 0 saturated carbocycles. The third-order valence-corrected chi connectivity index (χ3v) is 3.75. The van der Waals surface area contributed by atoms with Gasteiger partial charge in [0, 0.05) is 24.1 Å². The van der Waals surface area contributed by atoms with Gasteiger partial charge in [0.1, 0.15) is 8.77 Å². The Morgan fingerprint density at radius 3 is 2.73 bits per heavy atom. The molecule has 0 fully saturated rings. The summed E-state index contributed by atoms with van der Waals surface area (Å²) < 4.78 is 24.2. The van der Waals surface area contributed by atoms with Gasteiger partial charge < -0.3 is 8.98 Å². The van der Waals surface area contributed by atoms with Crippen molar-refractivity contribution in [2.75, 3.05) is 12.9 Å². The predicted molar refractivity (Wildman–Crippen MR) is 52.6 cm³/mol. The first kappa shape index (κ1) is 11.5. The molecule has 3 nitrogen and oxygen atoms in total.